The lowest BCUT2D eigenvalue weighted by atomic mass is 10.1. The number of para-hydroxylation sites is 1. The van der Waals surface area contributed by atoms with Crippen molar-refractivity contribution >= 4 is 16.6 Å². The van der Waals surface area contributed by atoms with Crippen molar-refractivity contribution in [3.05, 3.63) is 35.9 Å². The van der Waals surface area contributed by atoms with Crippen molar-refractivity contribution in [3.8, 4) is 5.88 Å². The van der Waals surface area contributed by atoms with Crippen LogP contribution in [0.2, 0.25) is 0 Å². The molecule has 2 aromatic rings. The normalized spacial score (nSPS) is 15.4. The highest BCUT2D eigenvalue weighted by atomic mass is 16.3. The van der Waals surface area contributed by atoms with E-state index in [1.807, 2.05) is 16.7 Å². The largest absolute Gasteiger partial charge is 0.494 e. The standard InChI is InChI=1S/C15H18N2O/c1-3-17-12-8-5-4-7-11(12)14(15(17)18)13-9-6-10-16(13)2/h4-5,7-9,18H,3,6,10H2,1-2H3. The minimum atomic E-state index is 0.388. The molecule has 1 N–H and O–H groups in total. The van der Waals surface area contributed by atoms with Gasteiger partial charge in [-0.05, 0) is 19.4 Å². The second-order valence-corrected chi connectivity index (χ2v) is 4.76. The highest BCUT2D eigenvalue weighted by Crippen LogP contribution is 2.38. The topological polar surface area (TPSA) is 28.4 Å². The van der Waals surface area contributed by atoms with Gasteiger partial charge in [0.25, 0.3) is 0 Å². The summed E-state index contributed by atoms with van der Waals surface area (Å²) in [6, 6.07) is 8.20. The summed E-state index contributed by atoms with van der Waals surface area (Å²) in [6.45, 7) is 3.87. The second-order valence-electron chi connectivity index (χ2n) is 4.76. The molecule has 0 amide bonds. The fraction of sp³-hybridized carbons (Fsp3) is 0.333. The number of aryl methyl sites for hydroxylation is 1. The van der Waals surface area contributed by atoms with E-state index in [-0.39, 0.29) is 0 Å². The van der Waals surface area contributed by atoms with Crippen molar-refractivity contribution in [2.24, 2.45) is 0 Å². The maximum atomic E-state index is 10.5. The highest BCUT2D eigenvalue weighted by molar-refractivity contribution is 5.96. The van der Waals surface area contributed by atoms with Gasteiger partial charge in [0.15, 0.2) is 0 Å². The third kappa shape index (κ3) is 1.43. The monoisotopic (exact) mass is 242 g/mol. The lowest BCUT2D eigenvalue weighted by Gasteiger charge is -2.16. The molecule has 18 heavy (non-hydrogen) atoms. The number of rotatable bonds is 2. The number of hydrogen-bond donors (Lipinski definition) is 1. The molecule has 0 saturated carbocycles. The maximum absolute atomic E-state index is 10.5. The number of aromatic hydroxyl groups is 1. The number of nitrogens with zero attached hydrogens (tertiary/aromatic N) is 2. The SMILES string of the molecule is CCn1c(O)c(C2=CCCN2C)c2ccccc21. The van der Waals surface area contributed by atoms with Gasteiger partial charge in [0, 0.05) is 31.2 Å². The summed E-state index contributed by atoms with van der Waals surface area (Å²) in [5, 5.41) is 11.6. The van der Waals surface area contributed by atoms with Crippen LogP contribution in [-0.2, 0) is 6.54 Å². The first-order chi connectivity index (χ1) is 8.74. The molecule has 0 fully saturated rings. The quantitative estimate of drug-likeness (QED) is 0.876. The van der Waals surface area contributed by atoms with Gasteiger partial charge in [-0.1, -0.05) is 24.3 Å². The number of benzene rings is 1. The van der Waals surface area contributed by atoms with E-state index in [2.05, 4.69) is 37.1 Å². The van der Waals surface area contributed by atoms with Gasteiger partial charge in [0.1, 0.15) is 0 Å². The van der Waals surface area contributed by atoms with Crippen LogP contribution in [0.15, 0.2) is 30.3 Å². The van der Waals surface area contributed by atoms with E-state index < -0.39 is 0 Å². The van der Waals surface area contributed by atoms with Gasteiger partial charge < -0.3 is 14.6 Å². The minimum absolute atomic E-state index is 0.388. The predicted molar refractivity (Wildman–Crippen MR) is 74.5 cm³/mol. The van der Waals surface area contributed by atoms with Crippen LogP contribution in [0.4, 0.5) is 0 Å². The Morgan fingerprint density at radius 3 is 2.72 bits per heavy atom. The van der Waals surface area contributed by atoms with E-state index in [9.17, 15) is 5.11 Å². The smallest absolute Gasteiger partial charge is 0.201 e. The van der Waals surface area contributed by atoms with Crippen molar-refractivity contribution in [3.63, 3.8) is 0 Å². The number of aromatic nitrogens is 1. The van der Waals surface area contributed by atoms with Gasteiger partial charge in [-0.3, -0.25) is 0 Å². The Bertz CT molecular complexity index is 625. The lowest BCUT2D eigenvalue weighted by Crippen LogP contribution is -2.11. The summed E-state index contributed by atoms with van der Waals surface area (Å²) in [4.78, 5) is 2.21. The molecule has 3 nitrogen and oxygen atoms in total. The molecule has 1 aliphatic rings. The molecule has 3 heteroatoms. The molecule has 0 spiro atoms. The Kier molecular flexibility index (Phi) is 2.54. The van der Waals surface area contributed by atoms with Crippen LogP contribution in [0.3, 0.4) is 0 Å². The second kappa shape index (κ2) is 4.09. The zero-order valence-electron chi connectivity index (χ0n) is 10.8. The van der Waals surface area contributed by atoms with Crippen LogP contribution in [0.1, 0.15) is 18.9 Å². The Morgan fingerprint density at radius 2 is 2.06 bits per heavy atom. The maximum Gasteiger partial charge on any atom is 0.201 e. The van der Waals surface area contributed by atoms with Crippen molar-refractivity contribution in [1.82, 2.24) is 9.47 Å². The summed E-state index contributed by atoms with van der Waals surface area (Å²) in [5.41, 5.74) is 3.23. The van der Waals surface area contributed by atoms with Crippen molar-refractivity contribution in [1.29, 1.82) is 0 Å². The van der Waals surface area contributed by atoms with Crippen LogP contribution >= 0.6 is 0 Å². The molecule has 0 bridgehead atoms. The average molecular weight is 242 g/mol. The Hall–Kier alpha value is -1.90. The van der Waals surface area contributed by atoms with Gasteiger partial charge in [-0.2, -0.15) is 0 Å². The predicted octanol–water partition coefficient (Wildman–Crippen LogP) is 3.04. The highest BCUT2D eigenvalue weighted by Gasteiger charge is 2.22. The summed E-state index contributed by atoms with van der Waals surface area (Å²) in [5.74, 6) is 0.388. The number of fused-ring (bicyclic) bond motifs is 1. The first-order valence-corrected chi connectivity index (χ1v) is 6.46. The van der Waals surface area contributed by atoms with Crippen molar-refractivity contribution in [2.45, 2.75) is 19.9 Å². The molecule has 1 aromatic carbocycles. The Balaban J connectivity index is 2.32. The molecule has 0 atom stereocenters. The van der Waals surface area contributed by atoms with Crippen LogP contribution in [0.25, 0.3) is 16.6 Å². The van der Waals surface area contributed by atoms with Gasteiger partial charge in [0.05, 0.1) is 11.1 Å². The lowest BCUT2D eigenvalue weighted by molar-refractivity contribution is 0.420. The van der Waals surface area contributed by atoms with Crippen molar-refractivity contribution < 1.29 is 5.11 Å². The van der Waals surface area contributed by atoms with Crippen molar-refractivity contribution in [2.75, 3.05) is 13.6 Å². The van der Waals surface area contributed by atoms with Crippen LogP contribution in [-0.4, -0.2) is 28.2 Å². The molecule has 2 heterocycles. The molecule has 1 aromatic heterocycles. The molecule has 0 radical (unpaired) electrons. The molecule has 3 rings (SSSR count). The van der Waals surface area contributed by atoms with E-state index in [1.165, 1.54) is 0 Å². The molecular formula is C15H18N2O. The molecule has 94 valence electrons. The van der Waals surface area contributed by atoms with Gasteiger partial charge in [0.2, 0.25) is 5.88 Å². The van der Waals surface area contributed by atoms with E-state index >= 15 is 0 Å². The first kappa shape index (κ1) is 11.2. The van der Waals surface area contributed by atoms with E-state index in [0.29, 0.717) is 5.88 Å². The van der Waals surface area contributed by atoms with E-state index in [4.69, 9.17) is 0 Å². The Morgan fingerprint density at radius 1 is 1.28 bits per heavy atom. The van der Waals surface area contributed by atoms with Gasteiger partial charge in [-0.15, -0.1) is 0 Å². The third-order valence-electron chi connectivity index (χ3n) is 3.73. The van der Waals surface area contributed by atoms with Gasteiger partial charge in [-0.25, -0.2) is 0 Å². The fourth-order valence-corrected chi connectivity index (χ4v) is 2.83. The summed E-state index contributed by atoms with van der Waals surface area (Å²) in [7, 11) is 2.08. The van der Waals surface area contributed by atoms with Crippen LogP contribution < -0.4 is 0 Å². The van der Waals surface area contributed by atoms with Crippen LogP contribution in [0.5, 0.6) is 5.88 Å². The molecule has 0 saturated heterocycles. The zero-order chi connectivity index (χ0) is 12.7. The summed E-state index contributed by atoms with van der Waals surface area (Å²) >= 11 is 0. The molecule has 0 unspecified atom stereocenters. The first-order valence-electron chi connectivity index (χ1n) is 6.46. The van der Waals surface area contributed by atoms with E-state index in [1.54, 1.807) is 0 Å². The zero-order valence-corrected chi connectivity index (χ0v) is 10.8. The van der Waals surface area contributed by atoms with E-state index in [0.717, 1.165) is 41.7 Å². The Labute approximate surface area is 107 Å². The number of hydrogen-bond acceptors (Lipinski definition) is 2. The van der Waals surface area contributed by atoms with Gasteiger partial charge >= 0.3 is 0 Å². The fourth-order valence-electron chi connectivity index (χ4n) is 2.83. The van der Waals surface area contributed by atoms with Crippen LogP contribution in [0, 0.1) is 0 Å². The molecule has 1 aliphatic heterocycles. The third-order valence-corrected chi connectivity index (χ3v) is 3.73. The summed E-state index contributed by atoms with van der Waals surface area (Å²) < 4.78 is 1.97. The summed E-state index contributed by atoms with van der Waals surface area (Å²) in [6.07, 6.45) is 3.26. The molecule has 0 aliphatic carbocycles. The average Bonchev–Trinajstić information content (AvgIpc) is 2.90. The molecular weight excluding hydrogens is 224 g/mol. The minimum Gasteiger partial charge on any atom is -0.494 e.